The fourth-order valence-electron chi connectivity index (χ4n) is 4.83. The van der Waals surface area contributed by atoms with Crippen molar-refractivity contribution in [2.24, 2.45) is 11.8 Å². The normalized spacial score (nSPS) is 30.1. The number of ether oxygens (including phenoxy) is 5. The molecule has 8 unspecified atom stereocenters. The fraction of sp³-hybridized carbons (Fsp3) is 0.500. The third-order valence-electron chi connectivity index (χ3n) is 6.99. The Morgan fingerprint density at radius 2 is 1.61 bits per heavy atom. The van der Waals surface area contributed by atoms with Crippen LogP contribution in [0.2, 0.25) is 0 Å². The van der Waals surface area contributed by atoms with E-state index in [-0.39, 0.29) is 36.0 Å². The van der Waals surface area contributed by atoms with E-state index in [0.717, 1.165) is 0 Å². The number of methoxy groups -OCH3 is 2. The first-order valence-electron chi connectivity index (χ1n) is 12.0. The highest BCUT2D eigenvalue weighted by Gasteiger charge is 2.48. The van der Waals surface area contributed by atoms with Gasteiger partial charge in [-0.3, -0.25) is 4.79 Å². The quantitative estimate of drug-likeness (QED) is 0.236. The second kappa shape index (κ2) is 11.7. The van der Waals surface area contributed by atoms with Crippen LogP contribution in [0, 0.1) is 11.8 Å². The van der Waals surface area contributed by atoms with Crippen molar-refractivity contribution in [1.82, 2.24) is 0 Å². The molecule has 0 saturated carbocycles. The second-order valence-electron chi connectivity index (χ2n) is 9.30. The largest absolute Gasteiger partial charge is 0.504 e. The molecule has 0 aliphatic carbocycles. The minimum Gasteiger partial charge on any atom is -0.504 e. The summed E-state index contributed by atoms with van der Waals surface area (Å²) >= 11 is 0. The fourth-order valence-corrected chi connectivity index (χ4v) is 4.83. The summed E-state index contributed by atoms with van der Waals surface area (Å²) in [5, 5.41) is 60.6. The number of carbonyl (C=O) groups excluding carboxylic acids is 1. The average molecular weight is 537 g/mol. The SMILES string of the molecule is COc1cc(CC2C(=O)OCC2C(OC2OC(CO)C(O)C(O)C2O)c2ccc(O)c(OC)c2)ccc1O. The second-order valence-corrected chi connectivity index (χ2v) is 9.30. The van der Waals surface area contributed by atoms with Crippen molar-refractivity contribution in [1.29, 1.82) is 0 Å². The van der Waals surface area contributed by atoms with Gasteiger partial charge in [0.15, 0.2) is 29.3 Å². The molecule has 2 heterocycles. The molecule has 4 rings (SSSR count). The molecule has 208 valence electrons. The molecule has 2 saturated heterocycles. The minimum atomic E-state index is -1.67. The summed E-state index contributed by atoms with van der Waals surface area (Å²) in [7, 11) is 2.78. The number of cyclic esters (lactones) is 1. The van der Waals surface area contributed by atoms with E-state index in [1.54, 1.807) is 18.2 Å². The van der Waals surface area contributed by atoms with Crippen LogP contribution >= 0.6 is 0 Å². The Kier molecular flexibility index (Phi) is 8.61. The number of aliphatic hydroxyl groups excluding tert-OH is 4. The van der Waals surface area contributed by atoms with E-state index in [1.807, 2.05) is 0 Å². The number of rotatable bonds is 9. The molecule has 2 fully saturated rings. The van der Waals surface area contributed by atoms with Crippen LogP contribution in [0.1, 0.15) is 17.2 Å². The summed E-state index contributed by atoms with van der Waals surface area (Å²) < 4.78 is 27.5. The summed E-state index contributed by atoms with van der Waals surface area (Å²) in [4.78, 5) is 12.9. The van der Waals surface area contributed by atoms with Gasteiger partial charge in [0.25, 0.3) is 0 Å². The maximum Gasteiger partial charge on any atom is 0.309 e. The summed E-state index contributed by atoms with van der Waals surface area (Å²) in [5.41, 5.74) is 1.14. The van der Waals surface area contributed by atoms with E-state index in [9.17, 15) is 35.4 Å². The number of hydrogen-bond acceptors (Lipinski definition) is 12. The number of benzene rings is 2. The van der Waals surface area contributed by atoms with Gasteiger partial charge in [-0.2, -0.15) is 0 Å². The highest BCUT2D eigenvalue weighted by atomic mass is 16.7. The zero-order valence-electron chi connectivity index (χ0n) is 20.8. The van der Waals surface area contributed by atoms with Crippen LogP contribution < -0.4 is 9.47 Å². The topological polar surface area (TPSA) is 185 Å². The van der Waals surface area contributed by atoms with Gasteiger partial charge in [-0.15, -0.1) is 0 Å². The highest BCUT2D eigenvalue weighted by Crippen LogP contribution is 2.42. The van der Waals surface area contributed by atoms with Crippen LogP contribution in [0.4, 0.5) is 0 Å². The molecule has 12 nitrogen and oxygen atoms in total. The van der Waals surface area contributed by atoms with Gasteiger partial charge in [-0.1, -0.05) is 12.1 Å². The molecule has 0 radical (unpaired) electrons. The molecule has 2 aromatic carbocycles. The Bertz CT molecular complexity index is 1120. The van der Waals surface area contributed by atoms with Gasteiger partial charge >= 0.3 is 5.97 Å². The number of hydrogen-bond donors (Lipinski definition) is 6. The highest BCUT2D eigenvalue weighted by molar-refractivity contribution is 5.75. The van der Waals surface area contributed by atoms with E-state index in [4.69, 9.17) is 23.7 Å². The van der Waals surface area contributed by atoms with Gasteiger partial charge in [-0.25, -0.2) is 0 Å². The predicted octanol–water partition coefficient (Wildman–Crippen LogP) is 0.00450. The standard InChI is InChI=1S/C26H32O12/c1-34-18-8-12(3-5-16(18)28)7-14-15(11-36-25(14)33)24(13-4-6-17(29)19(9-13)35-2)38-26-23(32)22(31)21(30)20(10-27)37-26/h3-6,8-9,14-15,20-24,26-32H,7,10-11H2,1-2H3. The number of phenolic OH excluding ortho intramolecular Hbond substituents is 2. The van der Waals surface area contributed by atoms with Crippen LogP contribution in [0.25, 0.3) is 0 Å². The molecule has 2 aliphatic rings. The van der Waals surface area contributed by atoms with Crippen LogP contribution in [0.15, 0.2) is 36.4 Å². The van der Waals surface area contributed by atoms with Crippen LogP contribution in [0.3, 0.4) is 0 Å². The lowest BCUT2D eigenvalue weighted by Crippen LogP contribution is -2.59. The maximum absolute atomic E-state index is 12.9. The van der Waals surface area contributed by atoms with Crippen molar-refractivity contribution in [2.45, 2.75) is 43.2 Å². The van der Waals surface area contributed by atoms with Crippen molar-refractivity contribution in [3.05, 3.63) is 47.5 Å². The lowest BCUT2D eigenvalue weighted by atomic mass is 9.82. The van der Waals surface area contributed by atoms with Gasteiger partial charge in [0, 0.05) is 5.92 Å². The van der Waals surface area contributed by atoms with Gasteiger partial charge in [0.2, 0.25) is 0 Å². The number of esters is 1. The number of carbonyl (C=O) groups is 1. The maximum atomic E-state index is 12.9. The molecular formula is C26H32O12. The predicted molar refractivity (Wildman–Crippen MR) is 129 cm³/mol. The first-order chi connectivity index (χ1) is 18.2. The number of aliphatic hydroxyl groups is 4. The molecule has 12 heteroatoms. The van der Waals surface area contributed by atoms with Gasteiger partial charge in [0.1, 0.15) is 24.4 Å². The average Bonchev–Trinajstić information content (AvgIpc) is 3.27. The first-order valence-corrected chi connectivity index (χ1v) is 12.0. The molecule has 0 aromatic heterocycles. The third-order valence-corrected chi connectivity index (χ3v) is 6.99. The van der Waals surface area contributed by atoms with Gasteiger partial charge in [-0.05, 0) is 41.8 Å². The lowest BCUT2D eigenvalue weighted by Gasteiger charge is -2.41. The monoisotopic (exact) mass is 536 g/mol. The molecule has 0 spiro atoms. The first kappa shape index (κ1) is 27.9. The van der Waals surface area contributed by atoms with Gasteiger partial charge in [0.05, 0.1) is 39.5 Å². The zero-order chi connectivity index (χ0) is 27.6. The molecular weight excluding hydrogens is 504 g/mol. The van der Waals surface area contributed by atoms with E-state index in [0.29, 0.717) is 11.1 Å². The van der Waals surface area contributed by atoms with Gasteiger partial charge < -0.3 is 54.3 Å². The van der Waals surface area contributed by atoms with Crippen molar-refractivity contribution < 1.29 is 59.1 Å². The lowest BCUT2D eigenvalue weighted by molar-refractivity contribution is -0.317. The van der Waals surface area contributed by atoms with E-state index < -0.39 is 61.2 Å². The van der Waals surface area contributed by atoms with Crippen LogP contribution in [0.5, 0.6) is 23.0 Å². The number of phenols is 2. The van der Waals surface area contributed by atoms with Crippen molar-refractivity contribution >= 4 is 5.97 Å². The van der Waals surface area contributed by atoms with Crippen molar-refractivity contribution in [3.8, 4) is 23.0 Å². The molecule has 0 bridgehead atoms. The number of aromatic hydroxyl groups is 2. The Morgan fingerprint density at radius 1 is 0.947 bits per heavy atom. The summed E-state index contributed by atoms with van der Waals surface area (Å²) in [6.07, 6.45) is -8.38. The zero-order valence-corrected chi connectivity index (χ0v) is 20.8. The molecule has 2 aromatic rings. The Hall–Kier alpha value is -3.13. The molecule has 8 atom stereocenters. The Balaban J connectivity index is 1.69. The van der Waals surface area contributed by atoms with Crippen LogP contribution in [-0.2, 0) is 25.4 Å². The molecule has 38 heavy (non-hydrogen) atoms. The van der Waals surface area contributed by atoms with Crippen LogP contribution in [-0.4, -0.2) is 94.7 Å². The summed E-state index contributed by atoms with van der Waals surface area (Å²) in [5.74, 6) is -1.67. The summed E-state index contributed by atoms with van der Waals surface area (Å²) in [6, 6.07) is 9.15. The molecule has 0 amide bonds. The van der Waals surface area contributed by atoms with E-state index >= 15 is 0 Å². The minimum absolute atomic E-state index is 0.0516. The Morgan fingerprint density at radius 3 is 2.26 bits per heavy atom. The van der Waals surface area contributed by atoms with Crippen molar-refractivity contribution in [3.63, 3.8) is 0 Å². The third kappa shape index (κ3) is 5.51. The van der Waals surface area contributed by atoms with Crippen molar-refractivity contribution in [2.75, 3.05) is 27.4 Å². The summed E-state index contributed by atoms with van der Waals surface area (Å²) in [6.45, 7) is -0.692. The molecule has 2 aliphatic heterocycles. The molecule has 6 N–H and O–H groups in total. The Labute approximate surface area is 218 Å². The van der Waals surface area contributed by atoms with E-state index in [2.05, 4.69) is 0 Å². The van der Waals surface area contributed by atoms with E-state index in [1.165, 1.54) is 32.4 Å². The smallest absolute Gasteiger partial charge is 0.309 e.